The summed E-state index contributed by atoms with van der Waals surface area (Å²) in [6, 6.07) is 12.1. The Morgan fingerprint density at radius 3 is 2.37 bits per heavy atom. The van der Waals surface area contributed by atoms with Crippen LogP contribution in [0.4, 0.5) is 0 Å². The summed E-state index contributed by atoms with van der Waals surface area (Å²) in [5.74, 6) is 0.476. The van der Waals surface area contributed by atoms with E-state index in [-0.39, 0.29) is 11.5 Å². The van der Waals surface area contributed by atoms with Gasteiger partial charge in [0.25, 0.3) is 0 Å². The number of fused-ring (bicyclic) bond motifs is 1. The van der Waals surface area contributed by atoms with Gasteiger partial charge in [-0.15, -0.1) is 0 Å². The molecule has 2 N–H and O–H groups in total. The fraction of sp³-hybridized carbons (Fsp3) is 0.133. The predicted molar refractivity (Wildman–Crippen MR) is 73.8 cm³/mol. The van der Waals surface area contributed by atoms with Gasteiger partial charge in [-0.1, -0.05) is 6.92 Å². The number of phenols is 2. The van der Waals surface area contributed by atoms with Crippen molar-refractivity contribution in [3.63, 3.8) is 0 Å². The first-order valence-corrected chi connectivity index (χ1v) is 6.19. The lowest BCUT2D eigenvalue weighted by Crippen LogP contribution is -2.00. The summed E-state index contributed by atoms with van der Waals surface area (Å²) in [7, 11) is 0. The molecule has 1 aromatic heterocycles. The highest BCUT2D eigenvalue weighted by Crippen LogP contribution is 2.26. The average molecular weight is 254 g/mol. The van der Waals surface area contributed by atoms with E-state index in [4.69, 9.17) is 0 Å². The predicted octanol–water partition coefficient (Wildman–Crippen LogP) is 3.00. The van der Waals surface area contributed by atoms with Crippen molar-refractivity contribution in [1.29, 1.82) is 0 Å². The van der Waals surface area contributed by atoms with Crippen molar-refractivity contribution in [2.45, 2.75) is 13.3 Å². The maximum atomic E-state index is 9.60. The molecule has 0 bridgehead atoms. The number of aromatic nitrogens is 2. The maximum absolute atomic E-state index is 9.60. The molecule has 0 saturated heterocycles. The highest BCUT2D eigenvalue weighted by Gasteiger charge is 2.11. The molecule has 3 rings (SSSR count). The first-order chi connectivity index (χ1) is 9.19. The monoisotopic (exact) mass is 254 g/mol. The second-order valence-electron chi connectivity index (χ2n) is 4.43. The van der Waals surface area contributed by atoms with E-state index in [1.54, 1.807) is 30.3 Å². The van der Waals surface area contributed by atoms with Gasteiger partial charge in [0, 0.05) is 5.39 Å². The Labute approximate surface area is 110 Å². The van der Waals surface area contributed by atoms with E-state index < -0.39 is 0 Å². The van der Waals surface area contributed by atoms with E-state index in [9.17, 15) is 10.2 Å². The third-order valence-electron chi connectivity index (χ3n) is 3.18. The van der Waals surface area contributed by atoms with Gasteiger partial charge in [0.15, 0.2) is 0 Å². The number of nitrogens with zero attached hydrogens (tertiary/aromatic N) is 2. The standard InChI is InChI=1S/C15H14N2O2/c1-2-15-13-9-12(19)7-8-14(13)16-17(15)10-3-5-11(18)6-4-10/h3-9,18-19H,2H2,1H3. The number of phenolic OH excluding ortho intramolecular Hbond substituents is 2. The van der Waals surface area contributed by atoms with Gasteiger partial charge >= 0.3 is 0 Å². The molecule has 0 aliphatic heterocycles. The van der Waals surface area contributed by atoms with Crippen LogP contribution < -0.4 is 0 Å². The van der Waals surface area contributed by atoms with Crippen LogP contribution in [0.1, 0.15) is 12.6 Å². The molecule has 3 aromatic rings. The van der Waals surface area contributed by atoms with Crippen LogP contribution in [0, 0.1) is 0 Å². The molecule has 0 amide bonds. The van der Waals surface area contributed by atoms with Gasteiger partial charge in [0.05, 0.1) is 16.9 Å². The van der Waals surface area contributed by atoms with Crippen molar-refractivity contribution < 1.29 is 10.2 Å². The molecule has 19 heavy (non-hydrogen) atoms. The van der Waals surface area contributed by atoms with Crippen molar-refractivity contribution in [2.24, 2.45) is 0 Å². The maximum Gasteiger partial charge on any atom is 0.116 e. The van der Waals surface area contributed by atoms with E-state index in [0.29, 0.717) is 0 Å². The van der Waals surface area contributed by atoms with E-state index in [0.717, 1.165) is 28.7 Å². The van der Waals surface area contributed by atoms with Crippen molar-refractivity contribution in [3.8, 4) is 17.2 Å². The first-order valence-electron chi connectivity index (χ1n) is 6.19. The molecule has 0 atom stereocenters. The molecule has 4 heteroatoms. The van der Waals surface area contributed by atoms with Gasteiger partial charge in [0.2, 0.25) is 0 Å². The molecule has 96 valence electrons. The van der Waals surface area contributed by atoms with Crippen molar-refractivity contribution in [2.75, 3.05) is 0 Å². The van der Waals surface area contributed by atoms with Crippen molar-refractivity contribution in [3.05, 3.63) is 48.2 Å². The van der Waals surface area contributed by atoms with Crippen LogP contribution in [0.2, 0.25) is 0 Å². The third-order valence-corrected chi connectivity index (χ3v) is 3.18. The number of rotatable bonds is 2. The third kappa shape index (κ3) is 1.91. The minimum absolute atomic E-state index is 0.233. The van der Waals surface area contributed by atoms with Crippen LogP contribution >= 0.6 is 0 Å². The van der Waals surface area contributed by atoms with Crippen LogP contribution in [-0.2, 0) is 6.42 Å². The smallest absolute Gasteiger partial charge is 0.116 e. The second-order valence-corrected chi connectivity index (χ2v) is 4.43. The summed E-state index contributed by atoms with van der Waals surface area (Å²) in [5.41, 5.74) is 2.78. The van der Waals surface area contributed by atoms with E-state index in [2.05, 4.69) is 12.0 Å². The van der Waals surface area contributed by atoms with Crippen LogP contribution in [-0.4, -0.2) is 20.0 Å². The fourth-order valence-electron chi connectivity index (χ4n) is 2.27. The molecule has 0 spiro atoms. The summed E-state index contributed by atoms with van der Waals surface area (Å²) in [4.78, 5) is 0. The molecule has 1 heterocycles. The molecular formula is C15H14N2O2. The summed E-state index contributed by atoms with van der Waals surface area (Å²) in [6.45, 7) is 2.05. The quantitative estimate of drug-likeness (QED) is 0.739. The van der Waals surface area contributed by atoms with Gasteiger partial charge in [-0.25, -0.2) is 4.68 Å². The molecule has 0 aliphatic rings. The first kappa shape index (κ1) is 11.6. The van der Waals surface area contributed by atoms with E-state index in [1.807, 2.05) is 16.8 Å². The number of benzene rings is 2. The van der Waals surface area contributed by atoms with E-state index in [1.165, 1.54) is 0 Å². The molecule has 4 nitrogen and oxygen atoms in total. The Morgan fingerprint density at radius 1 is 1.00 bits per heavy atom. The zero-order chi connectivity index (χ0) is 13.4. The zero-order valence-corrected chi connectivity index (χ0v) is 10.5. The van der Waals surface area contributed by atoms with Gasteiger partial charge in [-0.2, -0.15) is 5.10 Å². The Balaban J connectivity index is 2.25. The Hall–Kier alpha value is -2.49. The molecule has 0 fully saturated rings. The highest BCUT2D eigenvalue weighted by molar-refractivity contribution is 5.83. The molecule has 0 saturated carbocycles. The van der Waals surface area contributed by atoms with Crippen molar-refractivity contribution >= 4 is 10.9 Å². The Kier molecular flexibility index (Phi) is 2.63. The number of aromatic hydroxyl groups is 2. The topological polar surface area (TPSA) is 58.3 Å². The Morgan fingerprint density at radius 2 is 1.68 bits per heavy atom. The van der Waals surface area contributed by atoms with Crippen LogP contribution in [0.3, 0.4) is 0 Å². The van der Waals surface area contributed by atoms with E-state index >= 15 is 0 Å². The van der Waals surface area contributed by atoms with Gasteiger partial charge in [-0.05, 0) is 48.9 Å². The summed E-state index contributed by atoms with van der Waals surface area (Å²) >= 11 is 0. The molecule has 0 radical (unpaired) electrons. The SMILES string of the molecule is CCc1c2cc(O)ccc2nn1-c1ccc(O)cc1. The Bertz CT molecular complexity index is 730. The van der Waals surface area contributed by atoms with Crippen LogP contribution in [0.15, 0.2) is 42.5 Å². The highest BCUT2D eigenvalue weighted by atomic mass is 16.3. The van der Waals surface area contributed by atoms with Gasteiger partial charge in [-0.3, -0.25) is 0 Å². The van der Waals surface area contributed by atoms with Crippen LogP contribution in [0.25, 0.3) is 16.6 Å². The molecule has 2 aromatic carbocycles. The van der Waals surface area contributed by atoms with Crippen molar-refractivity contribution in [1.82, 2.24) is 9.78 Å². The second kappa shape index (κ2) is 4.31. The average Bonchev–Trinajstić information content (AvgIpc) is 2.77. The number of hydrogen-bond acceptors (Lipinski definition) is 3. The molecule has 0 aliphatic carbocycles. The lowest BCUT2D eigenvalue weighted by Gasteiger charge is -2.05. The van der Waals surface area contributed by atoms with Gasteiger partial charge in [0.1, 0.15) is 11.5 Å². The largest absolute Gasteiger partial charge is 0.508 e. The summed E-state index contributed by atoms with van der Waals surface area (Å²) in [5, 5.41) is 24.4. The number of aryl methyl sites for hydroxylation is 1. The fourth-order valence-corrected chi connectivity index (χ4v) is 2.27. The number of hydrogen-bond donors (Lipinski definition) is 2. The normalized spacial score (nSPS) is 11.0. The summed E-state index contributed by atoms with van der Waals surface area (Å²) in [6.07, 6.45) is 0.806. The summed E-state index contributed by atoms with van der Waals surface area (Å²) < 4.78 is 1.85. The molecular weight excluding hydrogens is 240 g/mol. The zero-order valence-electron chi connectivity index (χ0n) is 10.5. The minimum atomic E-state index is 0.233. The minimum Gasteiger partial charge on any atom is -0.508 e. The molecule has 0 unspecified atom stereocenters. The van der Waals surface area contributed by atoms with Crippen LogP contribution in [0.5, 0.6) is 11.5 Å². The van der Waals surface area contributed by atoms with Gasteiger partial charge < -0.3 is 10.2 Å². The lowest BCUT2D eigenvalue weighted by molar-refractivity contribution is 0.475. The lowest BCUT2D eigenvalue weighted by atomic mass is 10.1.